The Bertz CT molecular complexity index is 485. The van der Waals surface area contributed by atoms with Crippen molar-refractivity contribution < 1.29 is 0 Å². The van der Waals surface area contributed by atoms with E-state index in [1.165, 1.54) is 4.88 Å². The number of nitrogens with two attached hydrogens (primary N) is 1. The second kappa shape index (κ2) is 5.85. The lowest BCUT2D eigenvalue weighted by Gasteiger charge is -2.17. The van der Waals surface area contributed by atoms with E-state index < -0.39 is 0 Å². The molecule has 0 aliphatic heterocycles. The molecule has 0 radical (unpaired) electrons. The van der Waals surface area contributed by atoms with E-state index >= 15 is 0 Å². The van der Waals surface area contributed by atoms with Crippen molar-refractivity contribution in [2.75, 3.05) is 0 Å². The first-order valence-corrected chi connectivity index (χ1v) is 6.77. The van der Waals surface area contributed by atoms with Crippen LogP contribution in [0.25, 0.3) is 0 Å². The van der Waals surface area contributed by atoms with E-state index in [0.717, 1.165) is 12.0 Å². The summed E-state index contributed by atoms with van der Waals surface area (Å²) in [6, 6.07) is 9.48. The highest BCUT2D eigenvalue weighted by Gasteiger charge is 2.14. The second-order valence-electron chi connectivity index (χ2n) is 3.67. The van der Waals surface area contributed by atoms with Gasteiger partial charge in [0.25, 0.3) is 0 Å². The van der Waals surface area contributed by atoms with Gasteiger partial charge in [-0.25, -0.2) is 0 Å². The minimum Gasteiger partial charge on any atom is -0.271 e. The Morgan fingerprint density at radius 3 is 2.76 bits per heavy atom. The van der Waals surface area contributed by atoms with Crippen molar-refractivity contribution in [3.8, 4) is 0 Å². The van der Waals surface area contributed by atoms with Gasteiger partial charge in [0, 0.05) is 21.3 Å². The fraction of sp³-hybridized carbons (Fsp3) is 0.167. The summed E-state index contributed by atoms with van der Waals surface area (Å²) in [6.45, 7) is 0. The fourth-order valence-corrected chi connectivity index (χ4v) is 2.85. The Labute approximate surface area is 114 Å². The summed E-state index contributed by atoms with van der Waals surface area (Å²) in [7, 11) is 0. The van der Waals surface area contributed by atoms with Gasteiger partial charge >= 0.3 is 0 Å². The summed E-state index contributed by atoms with van der Waals surface area (Å²) in [5, 5.41) is 3.38. The van der Waals surface area contributed by atoms with Gasteiger partial charge in [-0.2, -0.15) is 0 Å². The second-order valence-corrected chi connectivity index (χ2v) is 5.54. The Balaban J connectivity index is 2.25. The molecule has 0 bridgehead atoms. The molecule has 1 atom stereocenters. The Kier molecular flexibility index (Phi) is 4.42. The highest BCUT2D eigenvalue weighted by Crippen LogP contribution is 2.29. The van der Waals surface area contributed by atoms with Crippen molar-refractivity contribution in [1.82, 2.24) is 5.43 Å². The molecule has 5 heteroatoms. The molecule has 0 aliphatic rings. The minimum atomic E-state index is -0.0279. The summed E-state index contributed by atoms with van der Waals surface area (Å²) in [6.07, 6.45) is 0.800. The number of hydrazine groups is 1. The normalized spacial score (nSPS) is 12.6. The molecule has 2 aromatic rings. The lowest BCUT2D eigenvalue weighted by molar-refractivity contribution is 0.556. The molecule has 3 N–H and O–H groups in total. The van der Waals surface area contributed by atoms with Crippen LogP contribution in [0.1, 0.15) is 16.5 Å². The highest BCUT2D eigenvalue weighted by atomic mass is 35.5. The van der Waals surface area contributed by atoms with Crippen LogP contribution >= 0.6 is 34.5 Å². The van der Waals surface area contributed by atoms with Gasteiger partial charge in [-0.1, -0.05) is 29.3 Å². The largest absolute Gasteiger partial charge is 0.271 e. The third-order valence-electron chi connectivity index (χ3n) is 2.52. The lowest BCUT2D eigenvalue weighted by atomic mass is 10.0. The van der Waals surface area contributed by atoms with E-state index in [4.69, 9.17) is 29.0 Å². The molecule has 0 saturated carbocycles. The Morgan fingerprint density at radius 2 is 2.12 bits per heavy atom. The van der Waals surface area contributed by atoms with E-state index in [-0.39, 0.29) is 6.04 Å². The zero-order chi connectivity index (χ0) is 12.3. The Hall–Kier alpha value is -0.580. The van der Waals surface area contributed by atoms with Crippen LogP contribution in [0.2, 0.25) is 10.0 Å². The molecular formula is C12H12Cl2N2S. The first-order valence-electron chi connectivity index (χ1n) is 5.14. The summed E-state index contributed by atoms with van der Waals surface area (Å²) >= 11 is 13.8. The molecule has 2 nitrogen and oxygen atoms in total. The predicted molar refractivity (Wildman–Crippen MR) is 74.5 cm³/mol. The summed E-state index contributed by atoms with van der Waals surface area (Å²) in [4.78, 5) is 1.25. The van der Waals surface area contributed by atoms with E-state index in [1.54, 1.807) is 23.5 Å². The number of hydrogen-bond acceptors (Lipinski definition) is 3. The van der Waals surface area contributed by atoms with Gasteiger partial charge < -0.3 is 0 Å². The fourth-order valence-electron chi connectivity index (χ4n) is 1.67. The molecule has 17 heavy (non-hydrogen) atoms. The first-order chi connectivity index (χ1) is 8.20. The third kappa shape index (κ3) is 3.21. The van der Waals surface area contributed by atoms with Crippen molar-refractivity contribution in [2.45, 2.75) is 12.5 Å². The van der Waals surface area contributed by atoms with Gasteiger partial charge in [-0.05, 0) is 35.2 Å². The van der Waals surface area contributed by atoms with Gasteiger partial charge in [0.15, 0.2) is 0 Å². The topological polar surface area (TPSA) is 38.0 Å². The zero-order valence-electron chi connectivity index (χ0n) is 8.99. The van der Waals surface area contributed by atoms with Crippen LogP contribution in [-0.2, 0) is 6.42 Å². The van der Waals surface area contributed by atoms with Gasteiger partial charge in [0.2, 0.25) is 0 Å². The molecule has 1 aromatic carbocycles. The minimum absolute atomic E-state index is 0.0279. The molecule has 1 aromatic heterocycles. The van der Waals surface area contributed by atoms with Crippen LogP contribution in [0.4, 0.5) is 0 Å². The maximum Gasteiger partial charge on any atom is 0.0523 e. The number of hydrogen-bond donors (Lipinski definition) is 2. The molecule has 0 fully saturated rings. The maximum absolute atomic E-state index is 6.16. The molecule has 1 unspecified atom stereocenters. The first kappa shape index (κ1) is 12.9. The number of thiophene rings is 1. The van der Waals surface area contributed by atoms with Gasteiger partial charge in [-0.3, -0.25) is 11.3 Å². The molecular weight excluding hydrogens is 275 g/mol. The van der Waals surface area contributed by atoms with E-state index in [9.17, 15) is 0 Å². The summed E-state index contributed by atoms with van der Waals surface area (Å²) in [5.41, 5.74) is 3.71. The van der Waals surface area contributed by atoms with Crippen LogP contribution in [-0.4, -0.2) is 0 Å². The monoisotopic (exact) mass is 286 g/mol. The van der Waals surface area contributed by atoms with E-state index in [1.807, 2.05) is 17.5 Å². The smallest absolute Gasteiger partial charge is 0.0523 e. The van der Waals surface area contributed by atoms with E-state index in [0.29, 0.717) is 10.0 Å². The van der Waals surface area contributed by atoms with Crippen molar-refractivity contribution in [1.29, 1.82) is 0 Å². The SMILES string of the molecule is NNC(Cc1cccs1)c1cc(Cl)ccc1Cl. The Morgan fingerprint density at radius 1 is 1.29 bits per heavy atom. The highest BCUT2D eigenvalue weighted by molar-refractivity contribution is 7.09. The van der Waals surface area contributed by atoms with Crippen LogP contribution in [0, 0.1) is 0 Å². The van der Waals surface area contributed by atoms with Gasteiger partial charge in [0.1, 0.15) is 0 Å². The quantitative estimate of drug-likeness (QED) is 0.663. The lowest BCUT2D eigenvalue weighted by Crippen LogP contribution is -2.29. The predicted octanol–water partition coefficient (Wildman–Crippen LogP) is 3.80. The molecule has 0 spiro atoms. The van der Waals surface area contributed by atoms with Crippen LogP contribution in [0.3, 0.4) is 0 Å². The van der Waals surface area contributed by atoms with Crippen LogP contribution in [0.15, 0.2) is 35.7 Å². The summed E-state index contributed by atoms with van der Waals surface area (Å²) in [5.74, 6) is 5.59. The van der Waals surface area contributed by atoms with E-state index in [2.05, 4.69) is 11.5 Å². The summed E-state index contributed by atoms with van der Waals surface area (Å²) < 4.78 is 0. The average Bonchev–Trinajstić information content (AvgIpc) is 2.82. The van der Waals surface area contributed by atoms with Crippen LogP contribution in [0.5, 0.6) is 0 Å². The van der Waals surface area contributed by atoms with Crippen LogP contribution < -0.4 is 11.3 Å². The molecule has 0 aliphatic carbocycles. The van der Waals surface area contributed by atoms with Crippen molar-refractivity contribution in [3.05, 3.63) is 56.2 Å². The molecule has 1 heterocycles. The molecule has 90 valence electrons. The van der Waals surface area contributed by atoms with Gasteiger partial charge in [0.05, 0.1) is 6.04 Å². The van der Waals surface area contributed by atoms with Crippen molar-refractivity contribution in [3.63, 3.8) is 0 Å². The van der Waals surface area contributed by atoms with Crippen molar-refractivity contribution >= 4 is 34.5 Å². The van der Waals surface area contributed by atoms with Gasteiger partial charge in [-0.15, -0.1) is 11.3 Å². The standard InChI is InChI=1S/C12H12Cl2N2S/c13-8-3-4-11(14)10(6-8)12(16-15)7-9-2-1-5-17-9/h1-6,12,16H,7,15H2. The number of nitrogens with one attached hydrogen (secondary N) is 1. The maximum atomic E-state index is 6.16. The third-order valence-corrected chi connectivity index (χ3v) is 4.00. The number of rotatable bonds is 4. The molecule has 2 rings (SSSR count). The average molecular weight is 287 g/mol. The molecule has 0 amide bonds. The molecule has 0 saturated heterocycles. The zero-order valence-corrected chi connectivity index (χ0v) is 11.3. The number of benzene rings is 1. The number of halogens is 2. The van der Waals surface area contributed by atoms with Crippen molar-refractivity contribution in [2.24, 2.45) is 5.84 Å².